The standard InChI is InChI=1S/C16H32N2/c1-13(2)16-7-10-18(12-16)9-6-14(3)15-5-4-8-17-11-15/h13-17H,4-12H2,1-3H3. The summed E-state index contributed by atoms with van der Waals surface area (Å²) in [6, 6.07) is 0. The molecule has 3 unspecified atom stereocenters. The highest BCUT2D eigenvalue weighted by Crippen LogP contribution is 2.26. The van der Waals surface area contributed by atoms with Crippen LogP contribution in [0.25, 0.3) is 0 Å². The van der Waals surface area contributed by atoms with Gasteiger partial charge >= 0.3 is 0 Å². The summed E-state index contributed by atoms with van der Waals surface area (Å²) in [6.07, 6.45) is 5.66. The minimum absolute atomic E-state index is 0.870. The van der Waals surface area contributed by atoms with Gasteiger partial charge in [0.25, 0.3) is 0 Å². The number of nitrogens with zero attached hydrogens (tertiary/aromatic N) is 1. The minimum Gasteiger partial charge on any atom is -0.316 e. The largest absolute Gasteiger partial charge is 0.316 e. The number of rotatable bonds is 5. The van der Waals surface area contributed by atoms with Crippen LogP contribution in [0.4, 0.5) is 0 Å². The van der Waals surface area contributed by atoms with Crippen LogP contribution in [0.2, 0.25) is 0 Å². The summed E-state index contributed by atoms with van der Waals surface area (Å²) in [7, 11) is 0. The van der Waals surface area contributed by atoms with Gasteiger partial charge in [-0.15, -0.1) is 0 Å². The second kappa shape index (κ2) is 6.91. The Morgan fingerprint density at radius 3 is 2.61 bits per heavy atom. The van der Waals surface area contributed by atoms with Gasteiger partial charge in [0, 0.05) is 6.54 Å². The second-order valence-corrected chi connectivity index (χ2v) is 6.97. The first-order chi connectivity index (χ1) is 8.66. The van der Waals surface area contributed by atoms with Crippen molar-refractivity contribution in [2.45, 2.75) is 46.5 Å². The summed E-state index contributed by atoms with van der Waals surface area (Å²) >= 11 is 0. The van der Waals surface area contributed by atoms with Crippen molar-refractivity contribution in [2.24, 2.45) is 23.7 Å². The Hall–Kier alpha value is -0.0800. The number of hydrogen-bond acceptors (Lipinski definition) is 2. The van der Waals surface area contributed by atoms with Crippen molar-refractivity contribution in [3.05, 3.63) is 0 Å². The van der Waals surface area contributed by atoms with Crippen LogP contribution in [0, 0.1) is 23.7 Å². The quantitative estimate of drug-likeness (QED) is 0.809. The lowest BCUT2D eigenvalue weighted by Gasteiger charge is -2.29. The number of hydrogen-bond donors (Lipinski definition) is 1. The predicted molar refractivity (Wildman–Crippen MR) is 78.8 cm³/mol. The molecule has 106 valence electrons. The fourth-order valence-corrected chi connectivity index (χ4v) is 3.60. The highest BCUT2D eigenvalue weighted by atomic mass is 15.1. The molecular formula is C16H32N2. The molecule has 0 spiro atoms. The van der Waals surface area contributed by atoms with E-state index in [0.717, 1.165) is 23.7 Å². The first-order valence-electron chi connectivity index (χ1n) is 8.10. The zero-order valence-corrected chi connectivity index (χ0v) is 12.6. The number of likely N-dealkylation sites (tertiary alicyclic amines) is 1. The van der Waals surface area contributed by atoms with Crippen LogP contribution in [0.15, 0.2) is 0 Å². The smallest absolute Gasteiger partial charge is 0.00126 e. The third kappa shape index (κ3) is 3.96. The van der Waals surface area contributed by atoms with Crippen molar-refractivity contribution in [3.8, 4) is 0 Å². The summed E-state index contributed by atoms with van der Waals surface area (Å²) in [5, 5.41) is 3.55. The first kappa shape index (κ1) is 14.3. The van der Waals surface area contributed by atoms with Crippen LogP contribution in [0.5, 0.6) is 0 Å². The molecule has 2 aliphatic rings. The van der Waals surface area contributed by atoms with Crippen LogP contribution >= 0.6 is 0 Å². The maximum absolute atomic E-state index is 3.55. The van der Waals surface area contributed by atoms with Crippen LogP contribution in [-0.2, 0) is 0 Å². The molecule has 2 heterocycles. The van der Waals surface area contributed by atoms with Crippen LogP contribution in [-0.4, -0.2) is 37.6 Å². The van der Waals surface area contributed by atoms with Gasteiger partial charge in [-0.25, -0.2) is 0 Å². The van der Waals surface area contributed by atoms with E-state index in [0.29, 0.717) is 0 Å². The Morgan fingerprint density at radius 1 is 1.17 bits per heavy atom. The van der Waals surface area contributed by atoms with Gasteiger partial charge < -0.3 is 10.2 Å². The van der Waals surface area contributed by atoms with E-state index in [1.54, 1.807) is 0 Å². The lowest BCUT2D eigenvalue weighted by molar-refractivity contribution is 0.226. The van der Waals surface area contributed by atoms with E-state index in [-0.39, 0.29) is 0 Å². The van der Waals surface area contributed by atoms with Gasteiger partial charge in [-0.1, -0.05) is 20.8 Å². The Kier molecular flexibility index (Phi) is 5.50. The fourth-order valence-electron chi connectivity index (χ4n) is 3.60. The van der Waals surface area contributed by atoms with E-state index in [1.165, 1.54) is 58.4 Å². The number of piperidine rings is 1. The van der Waals surface area contributed by atoms with Gasteiger partial charge in [-0.05, 0) is 75.5 Å². The van der Waals surface area contributed by atoms with Gasteiger partial charge in [-0.2, -0.15) is 0 Å². The Bertz CT molecular complexity index is 233. The highest BCUT2D eigenvalue weighted by Gasteiger charge is 2.26. The molecule has 2 saturated heterocycles. The van der Waals surface area contributed by atoms with Crippen LogP contribution in [0.3, 0.4) is 0 Å². The first-order valence-corrected chi connectivity index (χ1v) is 8.10. The van der Waals surface area contributed by atoms with E-state index in [2.05, 4.69) is 31.0 Å². The summed E-state index contributed by atoms with van der Waals surface area (Å²) in [6.45, 7) is 13.8. The molecule has 0 radical (unpaired) electrons. The van der Waals surface area contributed by atoms with Crippen molar-refractivity contribution in [2.75, 3.05) is 32.7 Å². The molecule has 0 bridgehead atoms. The number of nitrogens with one attached hydrogen (secondary N) is 1. The zero-order chi connectivity index (χ0) is 13.0. The van der Waals surface area contributed by atoms with Crippen LogP contribution < -0.4 is 5.32 Å². The van der Waals surface area contributed by atoms with E-state index >= 15 is 0 Å². The molecule has 0 amide bonds. The Morgan fingerprint density at radius 2 is 2.00 bits per heavy atom. The summed E-state index contributed by atoms with van der Waals surface area (Å²) in [5.41, 5.74) is 0. The molecule has 2 rings (SSSR count). The van der Waals surface area contributed by atoms with Crippen molar-refractivity contribution in [1.29, 1.82) is 0 Å². The van der Waals surface area contributed by atoms with E-state index < -0.39 is 0 Å². The monoisotopic (exact) mass is 252 g/mol. The third-order valence-electron chi connectivity index (χ3n) is 5.29. The van der Waals surface area contributed by atoms with Gasteiger partial charge in [0.1, 0.15) is 0 Å². The molecule has 0 aliphatic carbocycles. The Labute approximate surface area is 114 Å². The minimum atomic E-state index is 0.870. The van der Waals surface area contributed by atoms with Gasteiger partial charge in [0.15, 0.2) is 0 Å². The SMILES string of the molecule is CC(C)C1CCN(CCC(C)C2CCCNC2)C1. The molecule has 2 heteroatoms. The molecule has 0 aromatic heterocycles. The summed E-state index contributed by atoms with van der Waals surface area (Å²) < 4.78 is 0. The molecule has 1 N–H and O–H groups in total. The molecule has 3 atom stereocenters. The normalized spacial score (nSPS) is 32.0. The Balaban J connectivity index is 1.65. The summed E-state index contributed by atoms with van der Waals surface area (Å²) in [4.78, 5) is 2.71. The molecule has 0 aromatic rings. The van der Waals surface area contributed by atoms with E-state index in [4.69, 9.17) is 0 Å². The lowest BCUT2D eigenvalue weighted by atomic mass is 9.85. The zero-order valence-electron chi connectivity index (χ0n) is 12.6. The van der Waals surface area contributed by atoms with Crippen molar-refractivity contribution in [3.63, 3.8) is 0 Å². The summed E-state index contributed by atoms with van der Waals surface area (Å²) in [5.74, 6) is 3.66. The van der Waals surface area contributed by atoms with Crippen molar-refractivity contribution < 1.29 is 0 Å². The average molecular weight is 252 g/mol. The lowest BCUT2D eigenvalue weighted by Crippen LogP contribution is -2.34. The molecule has 0 saturated carbocycles. The van der Waals surface area contributed by atoms with Crippen molar-refractivity contribution in [1.82, 2.24) is 10.2 Å². The van der Waals surface area contributed by atoms with Gasteiger partial charge in [-0.3, -0.25) is 0 Å². The maximum Gasteiger partial charge on any atom is 0.00126 e. The topological polar surface area (TPSA) is 15.3 Å². The maximum atomic E-state index is 3.55. The van der Waals surface area contributed by atoms with Crippen LogP contribution in [0.1, 0.15) is 46.5 Å². The molecule has 2 nitrogen and oxygen atoms in total. The molecule has 2 fully saturated rings. The fraction of sp³-hybridized carbons (Fsp3) is 1.00. The van der Waals surface area contributed by atoms with Gasteiger partial charge in [0.2, 0.25) is 0 Å². The average Bonchev–Trinajstić information content (AvgIpc) is 2.86. The molecule has 2 aliphatic heterocycles. The second-order valence-electron chi connectivity index (χ2n) is 6.97. The predicted octanol–water partition coefficient (Wildman–Crippen LogP) is 2.99. The molecule has 0 aromatic carbocycles. The van der Waals surface area contributed by atoms with Gasteiger partial charge in [0.05, 0.1) is 0 Å². The molecular weight excluding hydrogens is 220 g/mol. The van der Waals surface area contributed by atoms with E-state index in [1.807, 2.05) is 0 Å². The van der Waals surface area contributed by atoms with Crippen molar-refractivity contribution >= 4 is 0 Å². The third-order valence-corrected chi connectivity index (χ3v) is 5.29. The highest BCUT2D eigenvalue weighted by molar-refractivity contribution is 4.79. The molecule has 18 heavy (non-hydrogen) atoms. The van der Waals surface area contributed by atoms with E-state index in [9.17, 15) is 0 Å².